The van der Waals surface area contributed by atoms with Gasteiger partial charge in [0.05, 0.1) is 0 Å². The lowest BCUT2D eigenvalue weighted by Crippen LogP contribution is -2.17. The molecule has 0 aromatic carbocycles. The van der Waals surface area contributed by atoms with E-state index >= 15 is 0 Å². The first-order valence-electron chi connectivity index (χ1n) is 5.74. The fourth-order valence-electron chi connectivity index (χ4n) is 2.29. The Bertz CT molecular complexity index is 480. The van der Waals surface area contributed by atoms with Crippen molar-refractivity contribution >= 4 is 11.0 Å². The van der Waals surface area contributed by atoms with Gasteiger partial charge in [0.1, 0.15) is 5.65 Å². The molecule has 2 heterocycles. The molecule has 0 atom stereocenters. The number of aromatic nitrogens is 2. The molecule has 78 valence electrons. The highest BCUT2D eigenvalue weighted by atomic mass is 15.0. The van der Waals surface area contributed by atoms with Crippen LogP contribution in [-0.4, -0.2) is 9.55 Å². The number of pyridine rings is 1. The Hall–Kier alpha value is -1.31. The molecule has 0 amide bonds. The standard InChI is InChI=1S/C13H16N2/c1-10-7-12-5-6-15(13(12)14-8-10)9-11-3-2-4-11/h5-8,11H,2-4,9H2,1H3. The summed E-state index contributed by atoms with van der Waals surface area (Å²) in [6.07, 6.45) is 8.34. The smallest absolute Gasteiger partial charge is 0.139 e. The van der Waals surface area contributed by atoms with Crippen LogP contribution in [0.1, 0.15) is 24.8 Å². The lowest BCUT2D eigenvalue weighted by atomic mass is 9.85. The summed E-state index contributed by atoms with van der Waals surface area (Å²) in [5.41, 5.74) is 2.39. The fourth-order valence-corrected chi connectivity index (χ4v) is 2.29. The minimum absolute atomic E-state index is 0.892. The van der Waals surface area contributed by atoms with Crippen LogP contribution in [0.5, 0.6) is 0 Å². The van der Waals surface area contributed by atoms with Crippen molar-refractivity contribution in [3.05, 3.63) is 30.1 Å². The van der Waals surface area contributed by atoms with Gasteiger partial charge in [-0.15, -0.1) is 0 Å². The van der Waals surface area contributed by atoms with Gasteiger partial charge in [0.2, 0.25) is 0 Å². The van der Waals surface area contributed by atoms with Gasteiger partial charge in [0.25, 0.3) is 0 Å². The van der Waals surface area contributed by atoms with Gasteiger partial charge in [-0.05, 0) is 43.4 Å². The topological polar surface area (TPSA) is 17.8 Å². The summed E-state index contributed by atoms with van der Waals surface area (Å²) < 4.78 is 2.30. The molecule has 2 aromatic rings. The maximum Gasteiger partial charge on any atom is 0.139 e. The van der Waals surface area contributed by atoms with Gasteiger partial charge < -0.3 is 4.57 Å². The summed E-state index contributed by atoms with van der Waals surface area (Å²) in [6.45, 7) is 3.25. The fraction of sp³-hybridized carbons (Fsp3) is 0.462. The average molecular weight is 200 g/mol. The molecule has 2 heteroatoms. The number of fused-ring (bicyclic) bond motifs is 1. The Morgan fingerprint density at radius 1 is 1.47 bits per heavy atom. The largest absolute Gasteiger partial charge is 0.332 e. The lowest BCUT2D eigenvalue weighted by molar-refractivity contribution is 0.279. The molecule has 3 rings (SSSR count). The van der Waals surface area contributed by atoms with Crippen LogP contribution in [0.4, 0.5) is 0 Å². The second-order valence-electron chi connectivity index (χ2n) is 4.69. The first kappa shape index (κ1) is 8.96. The molecule has 0 bridgehead atoms. The predicted octanol–water partition coefficient (Wildman–Crippen LogP) is 3.14. The van der Waals surface area contributed by atoms with Crippen LogP contribution in [0.15, 0.2) is 24.5 Å². The Morgan fingerprint density at radius 2 is 2.33 bits per heavy atom. The average Bonchev–Trinajstić information content (AvgIpc) is 2.54. The molecular weight excluding hydrogens is 184 g/mol. The second kappa shape index (κ2) is 3.37. The van der Waals surface area contributed by atoms with Gasteiger partial charge in [-0.2, -0.15) is 0 Å². The second-order valence-corrected chi connectivity index (χ2v) is 4.69. The highest BCUT2D eigenvalue weighted by Gasteiger charge is 2.18. The van der Waals surface area contributed by atoms with Crippen molar-refractivity contribution < 1.29 is 0 Å². The molecule has 0 radical (unpaired) electrons. The lowest BCUT2D eigenvalue weighted by Gasteiger charge is -2.25. The van der Waals surface area contributed by atoms with E-state index in [1.54, 1.807) is 0 Å². The summed E-state index contributed by atoms with van der Waals surface area (Å²) in [5.74, 6) is 0.892. The van der Waals surface area contributed by atoms with Crippen molar-refractivity contribution in [3.63, 3.8) is 0 Å². The Labute approximate surface area is 89.9 Å². The number of aryl methyl sites for hydroxylation is 1. The molecule has 1 aliphatic carbocycles. The number of nitrogens with zero attached hydrogens (tertiary/aromatic N) is 2. The van der Waals surface area contributed by atoms with E-state index in [9.17, 15) is 0 Å². The molecule has 0 spiro atoms. The summed E-state index contributed by atoms with van der Waals surface area (Å²) >= 11 is 0. The minimum Gasteiger partial charge on any atom is -0.332 e. The van der Waals surface area contributed by atoms with Crippen molar-refractivity contribution in [2.75, 3.05) is 0 Å². The third-order valence-corrected chi connectivity index (χ3v) is 3.42. The zero-order valence-electron chi connectivity index (χ0n) is 9.11. The third-order valence-electron chi connectivity index (χ3n) is 3.42. The maximum atomic E-state index is 4.52. The summed E-state index contributed by atoms with van der Waals surface area (Å²) in [4.78, 5) is 4.52. The van der Waals surface area contributed by atoms with Crippen molar-refractivity contribution in [2.45, 2.75) is 32.7 Å². The maximum absolute atomic E-state index is 4.52. The molecule has 1 saturated carbocycles. The van der Waals surface area contributed by atoms with Gasteiger partial charge in [0.15, 0.2) is 0 Å². The van der Waals surface area contributed by atoms with Crippen molar-refractivity contribution in [2.24, 2.45) is 5.92 Å². The summed E-state index contributed by atoms with van der Waals surface area (Å²) in [5, 5.41) is 1.27. The Morgan fingerprint density at radius 3 is 3.07 bits per heavy atom. The van der Waals surface area contributed by atoms with Crippen LogP contribution in [0.25, 0.3) is 11.0 Å². The van der Waals surface area contributed by atoms with Gasteiger partial charge in [-0.3, -0.25) is 0 Å². The van der Waals surface area contributed by atoms with Gasteiger partial charge in [-0.1, -0.05) is 6.42 Å². The van der Waals surface area contributed by atoms with E-state index in [1.807, 2.05) is 6.20 Å². The van der Waals surface area contributed by atoms with Crippen molar-refractivity contribution in [3.8, 4) is 0 Å². The zero-order chi connectivity index (χ0) is 10.3. The monoisotopic (exact) mass is 200 g/mol. The molecule has 0 unspecified atom stereocenters. The van der Waals surface area contributed by atoms with E-state index in [1.165, 1.54) is 30.2 Å². The van der Waals surface area contributed by atoms with Crippen LogP contribution >= 0.6 is 0 Å². The first-order chi connectivity index (χ1) is 7.33. The zero-order valence-corrected chi connectivity index (χ0v) is 9.11. The molecule has 1 aliphatic rings. The molecular formula is C13H16N2. The minimum atomic E-state index is 0.892. The SMILES string of the molecule is Cc1cnc2c(ccn2CC2CCC2)c1. The van der Waals surface area contributed by atoms with E-state index in [0.29, 0.717) is 0 Å². The highest BCUT2D eigenvalue weighted by molar-refractivity contribution is 5.76. The van der Waals surface area contributed by atoms with Crippen LogP contribution in [0.3, 0.4) is 0 Å². The number of rotatable bonds is 2. The molecule has 0 N–H and O–H groups in total. The summed E-state index contributed by atoms with van der Waals surface area (Å²) in [6, 6.07) is 4.38. The highest BCUT2D eigenvalue weighted by Crippen LogP contribution is 2.29. The van der Waals surface area contributed by atoms with Crippen molar-refractivity contribution in [1.82, 2.24) is 9.55 Å². The van der Waals surface area contributed by atoms with Crippen LogP contribution in [-0.2, 0) is 6.54 Å². The van der Waals surface area contributed by atoms with E-state index in [4.69, 9.17) is 0 Å². The van der Waals surface area contributed by atoms with E-state index in [2.05, 4.69) is 34.8 Å². The number of hydrogen-bond acceptors (Lipinski definition) is 1. The van der Waals surface area contributed by atoms with Crippen LogP contribution in [0.2, 0.25) is 0 Å². The molecule has 0 aliphatic heterocycles. The molecule has 2 aromatic heterocycles. The third kappa shape index (κ3) is 1.54. The van der Waals surface area contributed by atoms with Gasteiger partial charge in [-0.25, -0.2) is 4.98 Å². The Kier molecular flexibility index (Phi) is 2.01. The number of hydrogen-bond donors (Lipinski definition) is 0. The molecule has 1 fully saturated rings. The Balaban J connectivity index is 1.96. The van der Waals surface area contributed by atoms with E-state index in [-0.39, 0.29) is 0 Å². The van der Waals surface area contributed by atoms with E-state index in [0.717, 1.165) is 18.1 Å². The summed E-state index contributed by atoms with van der Waals surface area (Å²) in [7, 11) is 0. The quantitative estimate of drug-likeness (QED) is 0.728. The predicted molar refractivity (Wildman–Crippen MR) is 61.8 cm³/mol. The van der Waals surface area contributed by atoms with Gasteiger partial charge in [0, 0.05) is 24.3 Å². The van der Waals surface area contributed by atoms with E-state index < -0.39 is 0 Å². The normalized spacial score (nSPS) is 16.9. The molecule has 2 nitrogen and oxygen atoms in total. The van der Waals surface area contributed by atoms with Crippen LogP contribution in [0, 0.1) is 12.8 Å². The first-order valence-corrected chi connectivity index (χ1v) is 5.74. The molecule has 15 heavy (non-hydrogen) atoms. The van der Waals surface area contributed by atoms with Crippen LogP contribution < -0.4 is 0 Å². The molecule has 0 saturated heterocycles. The van der Waals surface area contributed by atoms with Gasteiger partial charge >= 0.3 is 0 Å². The van der Waals surface area contributed by atoms with Crippen molar-refractivity contribution in [1.29, 1.82) is 0 Å².